The molecule has 7 nitrogen and oxygen atoms in total. The van der Waals surface area contributed by atoms with Gasteiger partial charge in [-0.05, 0) is 6.07 Å². The summed E-state index contributed by atoms with van der Waals surface area (Å²) in [5.74, 6) is -3.54. The Hall–Kier alpha value is 0.833. The second-order valence-electron chi connectivity index (χ2n) is 2.56. The third-order valence-electron chi connectivity index (χ3n) is 1.65. The standard InChI is InChI=1S/C8H5NO6.2K/c10-7(11)5-2-1-4(9(14)15)3-6(5)8(12)13;;/h1-3H,(H,10,11)(H,12,13);;/q;2*+1/p-2. The molecule has 0 fully saturated rings. The fourth-order valence-corrected chi connectivity index (χ4v) is 0.993. The maximum absolute atomic E-state index is 10.5. The number of hydrogen-bond acceptors (Lipinski definition) is 6. The first-order chi connectivity index (χ1) is 6.93. The summed E-state index contributed by atoms with van der Waals surface area (Å²) in [4.78, 5) is 30.4. The molecule has 0 saturated heterocycles. The predicted molar refractivity (Wildman–Crippen MR) is 41.8 cm³/mol. The van der Waals surface area contributed by atoms with Gasteiger partial charge in [-0.15, -0.1) is 0 Å². The van der Waals surface area contributed by atoms with Crippen LogP contribution in [0.3, 0.4) is 0 Å². The van der Waals surface area contributed by atoms with E-state index in [1.54, 1.807) is 0 Å². The van der Waals surface area contributed by atoms with Crippen LogP contribution in [-0.2, 0) is 0 Å². The third kappa shape index (κ3) is 5.55. The summed E-state index contributed by atoms with van der Waals surface area (Å²) in [6.07, 6.45) is 0. The molecule has 0 aliphatic carbocycles. The van der Waals surface area contributed by atoms with Crippen LogP contribution in [0.1, 0.15) is 20.7 Å². The van der Waals surface area contributed by atoms with Gasteiger partial charge in [0, 0.05) is 23.3 Å². The smallest absolute Gasteiger partial charge is 0.545 e. The number of hydrogen-bond donors (Lipinski definition) is 0. The van der Waals surface area contributed by atoms with E-state index in [1.807, 2.05) is 0 Å². The fourth-order valence-electron chi connectivity index (χ4n) is 0.993. The molecule has 0 aliphatic rings. The molecule has 0 heterocycles. The van der Waals surface area contributed by atoms with E-state index in [-0.39, 0.29) is 103 Å². The number of carboxylic acids is 2. The van der Waals surface area contributed by atoms with Crippen LogP contribution in [0, 0.1) is 10.1 Å². The Morgan fingerprint density at radius 1 is 1.00 bits per heavy atom. The van der Waals surface area contributed by atoms with E-state index >= 15 is 0 Å². The molecule has 9 heteroatoms. The van der Waals surface area contributed by atoms with Crippen LogP contribution in [0.5, 0.6) is 0 Å². The monoisotopic (exact) mass is 287 g/mol. The number of carbonyl (C=O) groups is 2. The summed E-state index contributed by atoms with van der Waals surface area (Å²) in [5, 5.41) is 31.2. The molecular formula is C8H3K2NO6. The molecule has 0 N–H and O–H groups in total. The van der Waals surface area contributed by atoms with E-state index in [0.717, 1.165) is 12.1 Å². The Kier molecular flexibility index (Phi) is 10.5. The van der Waals surface area contributed by atoms with E-state index in [2.05, 4.69) is 0 Å². The quantitative estimate of drug-likeness (QED) is 0.309. The molecule has 0 unspecified atom stereocenters. The van der Waals surface area contributed by atoms with E-state index in [0.29, 0.717) is 6.07 Å². The zero-order valence-electron chi connectivity index (χ0n) is 9.13. The number of carbonyl (C=O) groups excluding carboxylic acids is 2. The summed E-state index contributed by atoms with van der Waals surface area (Å²) in [6, 6.07) is 2.27. The number of non-ortho nitro benzene ring substituents is 1. The Labute approximate surface area is 181 Å². The largest absolute Gasteiger partial charge is 1.00 e. The SMILES string of the molecule is O=C([O-])c1ccc([N+](=O)[O-])cc1C(=O)[O-].[K+].[K+]. The predicted octanol–water partition coefficient (Wildman–Crippen LogP) is -7.67. The van der Waals surface area contributed by atoms with Gasteiger partial charge >= 0.3 is 103 Å². The summed E-state index contributed by atoms with van der Waals surface area (Å²) >= 11 is 0. The second-order valence-corrected chi connectivity index (χ2v) is 2.56. The molecule has 0 spiro atoms. The van der Waals surface area contributed by atoms with Crippen LogP contribution in [0.25, 0.3) is 0 Å². The molecule has 1 aromatic rings. The maximum atomic E-state index is 10.5. The average Bonchev–Trinajstić information content (AvgIpc) is 2.16. The van der Waals surface area contributed by atoms with Crippen LogP contribution < -0.4 is 113 Å². The van der Waals surface area contributed by atoms with Gasteiger partial charge in [-0.2, -0.15) is 0 Å². The van der Waals surface area contributed by atoms with E-state index in [1.165, 1.54) is 0 Å². The number of rotatable bonds is 3. The minimum absolute atomic E-state index is 0. The van der Waals surface area contributed by atoms with Crippen LogP contribution >= 0.6 is 0 Å². The average molecular weight is 287 g/mol. The molecule has 0 radical (unpaired) electrons. The van der Waals surface area contributed by atoms with Gasteiger partial charge < -0.3 is 19.8 Å². The van der Waals surface area contributed by atoms with Crippen LogP contribution in [0.2, 0.25) is 0 Å². The van der Waals surface area contributed by atoms with E-state index in [4.69, 9.17) is 0 Å². The van der Waals surface area contributed by atoms with Crippen molar-refractivity contribution in [2.45, 2.75) is 0 Å². The number of aromatic carboxylic acids is 2. The second kappa shape index (κ2) is 8.85. The normalized spacial score (nSPS) is 8.47. The first kappa shape index (κ1) is 20.2. The van der Waals surface area contributed by atoms with Crippen molar-refractivity contribution in [3.63, 3.8) is 0 Å². The molecule has 0 aromatic heterocycles. The third-order valence-corrected chi connectivity index (χ3v) is 1.65. The first-order valence-electron chi connectivity index (χ1n) is 3.64. The summed E-state index contributed by atoms with van der Waals surface area (Å²) in [5.41, 5.74) is -1.95. The molecule has 0 amide bonds. The fraction of sp³-hybridized carbons (Fsp3) is 0. The van der Waals surface area contributed by atoms with Gasteiger partial charge in [0.2, 0.25) is 0 Å². The van der Waals surface area contributed by atoms with Gasteiger partial charge in [0.1, 0.15) is 0 Å². The number of carboxylic acid groups (broad SMARTS) is 2. The summed E-state index contributed by atoms with van der Waals surface area (Å²) in [6.45, 7) is 0. The van der Waals surface area contributed by atoms with Crippen LogP contribution in [-0.4, -0.2) is 16.9 Å². The molecule has 0 saturated carbocycles. The maximum Gasteiger partial charge on any atom is 1.00 e. The number of benzene rings is 1. The molecule has 0 aliphatic heterocycles. The van der Waals surface area contributed by atoms with Crippen LogP contribution in [0.4, 0.5) is 5.69 Å². The van der Waals surface area contributed by atoms with Gasteiger partial charge in [-0.3, -0.25) is 10.1 Å². The van der Waals surface area contributed by atoms with Crippen molar-refractivity contribution < 1.29 is 127 Å². The van der Waals surface area contributed by atoms with Crippen molar-refractivity contribution in [3.05, 3.63) is 39.4 Å². The molecule has 1 aromatic carbocycles. The van der Waals surface area contributed by atoms with Crippen molar-refractivity contribution >= 4 is 17.6 Å². The summed E-state index contributed by atoms with van der Waals surface area (Å²) < 4.78 is 0. The van der Waals surface area contributed by atoms with Gasteiger partial charge in [0.25, 0.3) is 5.69 Å². The van der Waals surface area contributed by atoms with E-state index < -0.39 is 33.7 Å². The molecule has 0 bridgehead atoms. The minimum atomic E-state index is -1.81. The van der Waals surface area contributed by atoms with Gasteiger partial charge in [0.05, 0.1) is 16.9 Å². The van der Waals surface area contributed by atoms with Gasteiger partial charge in [0.15, 0.2) is 0 Å². The number of nitrogens with zero attached hydrogens (tertiary/aromatic N) is 1. The number of nitro groups is 1. The van der Waals surface area contributed by atoms with Gasteiger partial charge in [-0.1, -0.05) is 0 Å². The first-order valence-corrected chi connectivity index (χ1v) is 3.64. The summed E-state index contributed by atoms with van der Waals surface area (Å²) in [7, 11) is 0. The zero-order chi connectivity index (χ0) is 11.6. The minimum Gasteiger partial charge on any atom is -0.545 e. The van der Waals surface area contributed by atoms with Crippen molar-refractivity contribution in [1.82, 2.24) is 0 Å². The molecule has 0 atom stereocenters. The molecule has 17 heavy (non-hydrogen) atoms. The Morgan fingerprint density at radius 2 is 1.47 bits per heavy atom. The van der Waals surface area contributed by atoms with Crippen molar-refractivity contribution in [2.24, 2.45) is 0 Å². The van der Waals surface area contributed by atoms with Gasteiger partial charge in [-0.25, -0.2) is 0 Å². The topological polar surface area (TPSA) is 123 Å². The van der Waals surface area contributed by atoms with Crippen LogP contribution in [0.15, 0.2) is 18.2 Å². The Bertz CT molecular complexity index is 461. The molecular weight excluding hydrogens is 284 g/mol. The Balaban J connectivity index is 0. The molecule has 1 rings (SSSR count). The Morgan fingerprint density at radius 3 is 1.82 bits per heavy atom. The van der Waals surface area contributed by atoms with Crippen molar-refractivity contribution in [3.8, 4) is 0 Å². The van der Waals surface area contributed by atoms with E-state index in [9.17, 15) is 29.9 Å². The molecule has 78 valence electrons. The zero-order valence-corrected chi connectivity index (χ0v) is 15.4. The van der Waals surface area contributed by atoms with Crippen molar-refractivity contribution in [1.29, 1.82) is 0 Å². The number of nitro benzene ring substituents is 1. The van der Waals surface area contributed by atoms with Crippen molar-refractivity contribution in [2.75, 3.05) is 0 Å².